The predicted octanol–water partition coefficient (Wildman–Crippen LogP) is 2.65. The van der Waals surface area contributed by atoms with Crippen LogP contribution in [-0.2, 0) is 13.0 Å². The van der Waals surface area contributed by atoms with Gasteiger partial charge in [-0.15, -0.1) is 0 Å². The van der Waals surface area contributed by atoms with Crippen molar-refractivity contribution in [2.24, 2.45) is 0 Å². The summed E-state index contributed by atoms with van der Waals surface area (Å²) in [4.78, 5) is 6.36. The molecule has 0 aliphatic carbocycles. The fourth-order valence-corrected chi connectivity index (χ4v) is 2.11. The van der Waals surface area contributed by atoms with Gasteiger partial charge in [0.1, 0.15) is 0 Å². The third-order valence-corrected chi connectivity index (χ3v) is 3.46. The molecule has 2 rings (SSSR count). The van der Waals surface area contributed by atoms with Crippen LogP contribution in [0.4, 0.5) is 5.69 Å². The van der Waals surface area contributed by atoms with E-state index < -0.39 is 0 Å². The summed E-state index contributed by atoms with van der Waals surface area (Å²) in [7, 11) is 2.14. The minimum atomic E-state index is 0.875. The van der Waals surface area contributed by atoms with E-state index in [9.17, 15) is 0 Å². The average molecular weight is 255 g/mol. The molecule has 0 unspecified atom stereocenters. The highest BCUT2D eigenvalue weighted by Crippen LogP contribution is 2.16. The Morgan fingerprint density at radius 1 is 1.16 bits per heavy atom. The number of benzene rings is 1. The smallest absolute Gasteiger partial charge is 0.0346 e. The molecule has 3 heteroatoms. The van der Waals surface area contributed by atoms with Crippen molar-refractivity contribution in [3.8, 4) is 0 Å². The lowest BCUT2D eigenvalue weighted by Gasteiger charge is -2.18. The number of likely N-dealkylation sites (N-methyl/N-ethyl adjacent to an activating group) is 1. The Morgan fingerprint density at radius 2 is 1.89 bits per heavy atom. The van der Waals surface area contributed by atoms with Crippen molar-refractivity contribution < 1.29 is 0 Å². The molecule has 0 radical (unpaired) electrons. The maximum absolute atomic E-state index is 5.94. The van der Waals surface area contributed by atoms with Gasteiger partial charge in [-0.25, -0.2) is 0 Å². The maximum atomic E-state index is 5.94. The summed E-state index contributed by atoms with van der Waals surface area (Å²) in [6, 6.07) is 10.3. The summed E-state index contributed by atoms with van der Waals surface area (Å²) in [5.74, 6) is 0. The highest BCUT2D eigenvalue weighted by molar-refractivity contribution is 5.49. The average Bonchev–Trinajstić information content (AvgIpc) is 2.43. The van der Waals surface area contributed by atoms with Gasteiger partial charge in [0.05, 0.1) is 0 Å². The molecule has 2 aromatic rings. The van der Waals surface area contributed by atoms with Gasteiger partial charge >= 0.3 is 0 Å². The molecule has 100 valence electrons. The molecule has 0 atom stereocenters. The van der Waals surface area contributed by atoms with Gasteiger partial charge < -0.3 is 10.6 Å². The SMILES string of the molecule is Cc1c(N)cccc1CN(C)CCc1ccncc1. The second-order valence-electron chi connectivity index (χ2n) is 4.97. The van der Waals surface area contributed by atoms with Crippen LogP contribution in [0.5, 0.6) is 0 Å². The van der Waals surface area contributed by atoms with Crippen molar-refractivity contribution in [3.63, 3.8) is 0 Å². The van der Waals surface area contributed by atoms with Gasteiger partial charge in [-0.3, -0.25) is 4.98 Å². The molecular weight excluding hydrogens is 234 g/mol. The van der Waals surface area contributed by atoms with Crippen molar-refractivity contribution in [1.29, 1.82) is 0 Å². The molecule has 0 bridgehead atoms. The number of hydrogen-bond donors (Lipinski definition) is 1. The van der Waals surface area contributed by atoms with Crippen LogP contribution in [0.1, 0.15) is 16.7 Å². The van der Waals surface area contributed by atoms with Crippen molar-refractivity contribution in [3.05, 3.63) is 59.4 Å². The van der Waals surface area contributed by atoms with E-state index in [1.807, 2.05) is 24.5 Å². The normalized spacial score (nSPS) is 10.9. The van der Waals surface area contributed by atoms with Gasteiger partial charge in [0.25, 0.3) is 0 Å². The molecule has 2 N–H and O–H groups in total. The van der Waals surface area contributed by atoms with Crippen LogP contribution in [-0.4, -0.2) is 23.5 Å². The Bertz CT molecular complexity index is 523. The summed E-state index contributed by atoms with van der Waals surface area (Å²) in [6.45, 7) is 4.04. The molecule has 1 aromatic heterocycles. The largest absolute Gasteiger partial charge is 0.399 e. The van der Waals surface area contributed by atoms with Crippen LogP contribution in [0.25, 0.3) is 0 Å². The first-order chi connectivity index (χ1) is 9.16. The van der Waals surface area contributed by atoms with E-state index in [1.54, 1.807) is 0 Å². The van der Waals surface area contributed by atoms with Crippen molar-refractivity contribution >= 4 is 5.69 Å². The predicted molar refractivity (Wildman–Crippen MR) is 79.9 cm³/mol. The standard InChI is InChI=1S/C16H21N3/c1-13-15(4-3-5-16(13)17)12-19(2)11-8-14-6-9-18-10-7-14/h3-7,9-10H,8,11-12,17H2,1-2H3. The molecule has 0 saturated carbocycles. The van der Waals surface area contributed by atoms with Crippen LogP contribution in [0, 0.1) is 6.92 Å². The maximum Gasteiger partial charge on any atom is 0.0346 e. The summed E-state index contributed by atoms with van der Waals surface area (Å²) in [5.41, 5.74) is 10.6. The summed E-state index contributed by atoms with van der Waals surface area (Å²) in [5, 5.41) is 0. The Kier molecular flexibility index (Phi) is 4.53. The van der Waals surface area contributed by atoms with E-state index in [1.165, 1.54) is 16.7 Å². The lowest BCUT2D eigenvalue weighted by Crippen LogP contribution is -2.21. The number of hydrogen-bond acceptors (Lipinski definition) is 3. The molecule has 19 heavy (non-hydrogen) atoms. The van der Waals surface area contributed by atoms with E-state index in [-0.39, 0.29) is 0 Å². The molecule has 0 aliphatic heterocycles. The molecule has 3 nitrogen and oxygen atoms in total. The first-order valence-electron chi connectivity index (χ1n) is 6.58. The molecule has 0 amide bonds. The highest BCUT2D eigenvalue weighted by atomic mass is 15.1. The molecule has 1 heterocycles. The quantitative estimate of drug-likeness (QED) is 0.835. The van der Waals surface area contributed by atoms with Crippen LogP contribution >= 0.6 is 0 Å². The zero-order valence-electron chi connectivity index (χ0n) is 11.6. The number of pyridine rings is 1. The summed E-state index contributed by atoms with van der Waals surface area (Å²) >= 11 is 0. The molecule has 0 aliphatic rings. The van der Waals surface area contributed by atoms with Gasteiger partial charge in [0, 0.05) is 31.2 Å². The molecule has 0 fully saturated rings. The Labute approximate surface area is 115 Å². The first-order valence-corrected chi connectivity index (χ1v) is 6.58. The van der Waals surface area contributed by atoms with Gasteiger partial charge in [-0.1, -0.05) is 12.1 Å². The second-order valence-corrected chi connectivity index (χ2v) is 4.97. The number of anilines is 1. The monoisotopic (exact) mass is 255 g/mol. The summed E-state index contributed by atoms with van der Waals surface area (Å²) in [6.07, 6.45) is 4.73. The minimum Gasteiger partial charge on any atom is -0.399 e. The Morgan fingerprint density at radius 3 is 2.63 bits per heavy atom. The van der Waals surface area contributed by atoms with Gasteiger partial charge in [-0.2, -0.15) is 0 Å². The molecular formula is C16H21N3. The number of nitrogen functional groups attached to an aromatic ring is 1. The number of nitrogens with two attached hydrogens (primary N) is 1. The lowest BCUT2D eigenvalue weighted by atomic mass is 10.1. The van der Waals surface area contributed by atoms with Crippen LogP contribution in [0.3, 0.4) is 0 Å². The van der Waals surface area contributed by atoms with Gasteiger partial charge in [-0.05, 0) is 55.3 Å². The van der Waals surface area contributed by atoms with Crippen LogP contribution in [0.2, 0.25) is 0 Å². The molecule has 0 spiro atoms. The van der Waals surface area contributed by atoms with E-state index in [4.69, 9.17) is 5.73 Å². The molecule has 0 saturated heterocycles. The Balaban J connectivity index is 1.91. The topological polar surface area (TPSA) is 42.1 Å². The third-order valence-electron chi connectivity index (χ3n) is 3.46. The first kappa shape index (κ1) is 13.6. The van der Waals surface area contributed by atoms with Crippen molar-refractivity contribution in [1.82, 2.24) is 9.88 Å². The van der Waals surface area contributed by atoms with E-state index >= 15 is 0 Å². The van der Waals surface area contributed by atoms with E-state index in [0.717, 1.165) is 25.2 Å². The van der Waals surface area contributed by atoms with Crippen LogP contribution < -0.4 is 5.73 Å². The van der Waals surface area contributed by atoms with Crippen LogP contribution in [0.15, 0.2) is 42.7 Å². The number of rotatable bonds is 5. The number of nitrogens with zero attached hydrogens (tertiary/aromatic N) is 2. The highest BCUT2D eigenvalue weighted by Gasteiger charge is 2.05. The fourth-order valence-electron chi connectivity index (χ4n) is 2.11. The summed E-state index contributed by atoms with van der Waals surface area (Å²) < 4.78 is 0. The van der Waals surface area contributed by atoms with Crippen molar-refractivity contribution in [2.45, 2.75) is 19.9 Å². The second kappa shape index (κ2) is 6.34. The van der Waals surface area contributed by atoms with Crippen molar-refractivity contribution in [2.75, 3.05) is 19.3 Å². The fraction of sp³-hybridized carbons (Fsp3) is 0.312. The Hall–Kier alpha value is -1.87. The zero-order chi connectivity index (χ0) is 13.7. The zero-order valence-corrected chi connectivity index (χ0v) is 11.6. The minimum absolute atomic E-state index is 0.875. The number of aromatic nitrogens is 1. The van der Waals surface area contributed by atoms with E-state index in [2.05, 4.69) is 42.1 Å². The van der Waals surface area contributed by atoms with Gasteiger partial charge in [0.15, 0.2) is 0 Å². The van der Waals surface area contributed by atoms with E-state index in [0.29, 0.717) is 0 Å². The third kappa shape index (κ3) is 3.80. The molecule has 1 aromatic carbocycles. The lowest BCUT2D eigenvalue weighted by molar-refractivity contribution is 0.330. The van der Waals surface area contributed by atoms with Gasteiger partial charge in [0.2, 0.25) is 0 Å².